The summed E-state index contributed by atoms with van der Waals surface area (Å²) in [5.74, 6) is 0.440. The smallest absolute Gasteiger partial charge is 0.247 e. The van der Waals surface area contributed by atoms with E-state index in [9.17, 15) is 9.18 Å². The van der Waals surface area contributed by atoms with E-state index in [0.717, 1.165) is 24.9 Å². The molecule has 2 fully saturated rings. The molecule has 4 rings (SSSR count). The first-order chi connectivity index (χ1) is 9.74. The number of hydrogen-bond acceptors (Lipinski definition) is 2. The van der Waals surface area contributed by atoms with E-state index in [1.807, 2.05) is 6.07 Å². The third kappa shape index (κ3) is 1.74. The van der Waals surface area contributed by atoms with Crippen molar-refractivity contribution in [1.29, 1.82) is 0 Å². The van der Waals surface area contributed by atoms with Gasteiger partial charge in [-0.25, -0.2) is 4.39 Å². The second-order valence-electron chi connectivity index (χ2n) is 6.26. The van der Waals surface area contributed by atoms with Crippen molar-refractivity contribution in [2.24, 2.45) is 5.92 Å². The van der Waals surface area contributed by atoms with Crippen molar-refractivity contribution in [1.82, 2.24) is 0 Å². The lowest BCUT2D eigenvalue weighted by atomic mass is 9.75. The Labute approximate surface area is 118 Å². The maximum absolute atomic E-state index is 13.4. The first kappa shape index (κ1) is 12.2. The number of nitrogens with zero attached hydrogens (tertiary/aromatic N) is 1. The van der Waals surface area contributed by atoms with E-state index in [1.54, 1.807) is 0 Å². The van der Waals surface area contributed by atoms with Crippen LogP contribution in [0.15, 0.2) is 18.2 Å². The Balaban J connectivity index is 1.79. The number of carbonyl (C=O) groups is 1. The molecule has 1 N–H and O–H groups in total. The van der Waals surface area contributed by atoms with Gasteiger partial charge in [0.25, 0.3) is 0 Å². The summed E-state index contributed by atoms with van der Waals surface area (Å²) in [6.07, 6.45) is 7.04. The molecule has 2 heterocycles. The highest BCUT2D eigenvalue weighted by Crippen LogP contribution is 2.44. The molecule has 106 valence electrons. The van der Waals surface area contributed by atoms with Gasteiger partial charge in [0, 0.05) is 6.04 Å². The molecule has 1 amide bonds. The molecule has 3 aliphatic rings. The molecule has 0 aromatic heterocycles. The van der Waals surface area contributed by atoms with Crippen LogP contribution in [-0.4, -0.2) is 18.0 Å². The second-order valence-corrected chi connectivity index (χ2v) is 6.26. The first-order valence-electron chi connectivity index (χ1n) is 7.63. The third-order valence-corrected chi connectivity index (χ3v) is 5.17. The number of rotatable bonds is 0. The Bertz CT molecular complexity index is 559. The monoisotopic (exact) mass is 274 g/mol. The van der Waals surface area contributed by atoms with Gasteiger partial charge in [-0.1, -0.05) is 12.8 Å². The standard InChI is InChI=1S/C16H19FN2O/c17-11-6-8-14-12(9-11)18-16(20)15-7-5-10-3-1-2-4-13(10)19(14)15/h6,8-10,13,15H,1-5,7H2,(H,18,20). The summed E-state index contributed by atoms with van der Waals surface area (Å²) in [7, 11) is 0. The van der Waals surface area contributed by atoms with Crippen LogP contribution in [-0.2, 0) is 4.79 Å². The van der Waals surface area contributed by atoms with Crippen molar-refractivity contribution in [2.45, 2.75) is 50.6 Å². The summed E-state index contributed by atoms with van der Waals surface area (Å²) in [5, 5.41) is 2.87. The lowest BCUT2D eigenvalue weighted by Gasteiger charge is -2.51. The van der Waals surface area contributed by atoms with E-state index < -0.39 is 0 Å². The summed E-state index contributed by atoms with van der Waals surface area (Å²) >= 11 is 0. The normalized spacial score (nSPS) is 31.9. The molecule has 3 atom stereocenters. The number of benzene rings is 1. The highest BCUT2D eigenvalue weighted by molar-refractivity contribution is 6.03. The van der Waals surface area contributed by atoms with E-state index in [0.29, 0.717) is 17.6 Å². The molecule has 3 unspecified atom stereocenters. The van der Waals surface area contributed by atoms with E-state index in [2.05, 4.69) is 10.2 Å². The molecular weight excluding hydrogens is 255 g/mol. The molecule has 4 heteroatoms. The van der Waals surface area contributed by atoms with Crippen molar-refractivity contribution >= 4 is 17.3 Å². The Morgan fingerprint density at radius 2 is 2.00 bits per heavy atom. The van der Waals surface area contributed by atoms with E-state index in [-0.39, 0.29) is 17.8 Å². The second kappa shape index (κ2) is 4.47. The average molecular weight is 274 g/mol. The van der Waals surface area contributed by atoms with Gasteiger partial charge in [0.2, 0.25) is 5.91 Å². The molecule has 1 aliphatic carbocycles. The minimum absolute atomic E-state index is 0.0344. The number of fused-ring (bicyclic) bond motifs is 5. The number of carbonyl (C=O) groups excluding carboxylic acids is 1. The number of halogens is 1. The van der Waals surface area contributed by atoms with Crippen molar-refractivity contribution < 1.29 is 9.18 Å². The molecule has 2 aliphatic heterocycles. The lowest BCUT2D eigenvalue weighted by Crippen LogP contribution is -2.58. The molecule has 0 spiro atoms. The van der Waals surface area contributed by atoms with Crippen molar-refractivity contribution in [3.05, 3.63) is 24.0 Å². The van der Waals surface area contributed by atoms with E-state index >= 15 is 0 Å². The SMILES string of the molecule is O=C1Nc2cc(F)ccc2N2C1CCC1CCCCC12. The van der Waals surface area contributed by atoms with Crippen LogP contribution in [0.4, 0.5) is 15.8 Å². The van der Waals surface area contributed by atoms with E-state index in [1.165, 1.54) is 31.4 Å². The van der Waals surface area contributed by atoms with Crippen LogP contribution >= 0.6 is 0 Å². The summed E-state index contributed by atoms with van der Waals surface area (Å²) in [5.41, 5.74) is 1.64. The zero-order chi connectivity index (χ0) is 13.7. The molecule has 0 bridgehead atoms. The third-order valence-electron chi connectivity index (χ3n) is 5.17. The molecule has 1 aromatic rings. The summed E-state index contributed by atoms with van der Waals surface area (Å²) in [4.78, 5) is 14.6. The number of anilines is 2. The fourth-order valence-corrected chi connectivity index (χ4v) is 4.29. The Hall–Kier alpha value is -1.58. The number of piperidine rings is 1. The fraction of sp³-hybridized carbons (Fsp3) is 0.562. The van der Waals surface area contributed by atoms with Crippen LogP contribution in [0.3, 0.4) is 0 Å². The van der Waals surface area contributed by atoms with Gasteiger partial charge in [-0.3, -0.25) is 4.79 Å². The Morgan fingerprint density at radius 1 is 1.15 bits per heavy atom. The minimum Gasteiger partial charge on any atom is -0.355 e. The Kier molecular flexibility index (Phi) is 2.72. The van der Waals surface area contributed by atoms with Crippen LogP contribution in [0, 0.1) is 11.7 Å². The van der Waals surface area contributed by atoms with Crippen molar-refractivity contribution in [3.63, 3.8) is 0 Å². The highest BCUT2D eigenvalue weighted by Gasteiger charge is 2.44. The molecular formula is C16H19FN2O. The predicted molar refractivity (Wildman–Crippen MR) is 76.3 cm³/mol. The average Bonchev–Trinajstić information content (AvgIpc) is 2.46. The predicted octanol–water partition coefficient (Wildman–Crippen LogP) is 3.31. The zero-order valence-electron chi connectivity index (χ0n) is 11.4. The minimum atomic E-state index is -0.292. The quantitative estimate of drug-likeness (QED) is 0.787. The summed E-state index contributed by atoms with van der Waals surface area (Å²) < 4.78 is 13.4. The van der Waals surface area contributed by atoms with Gasteiger partial charge in [-0.05, 0) is 49.8 Å². The highest BCUT2D eigenvalue weighted by atomic mass is 19.1. The van der Waals surface area contributed by atoms with Crippen molar-refractivity contribution in [2.75, 3.05) is 10.2 Å². The molecule has 20 heavy (non-hydrogen) atoms. The van der Waals surface area contributed by atoms with Gasteiger partial charge in [0.1, 0.15) is 11.9 Å². The fourth-order valence-electron chi connectivity index (χ4n) is 4.29. The lowest BCUT2D eigenvalue weighted by molar-refractivity contribution is -0.118. The zero-order valence-corrected chi connectivity index (χ0v) is 11.4. The van der Waals surface area contributed by atoms with Crippen LogP contribution < -0.4 is 10.2 Å². The van der Waals surface area contributed by atoms with Crippen LogP contribution in [0.1, 0.15) is 38.5 Å². The van der Waals surface area contributed by atoms with Gasteiger partial charge >= 0.3 is 0 Å². The molecule has 3 nitrogen and oxygen atoms in total. The molecule has 0 radical (unpaired) electrons. The van der Waals surface area contributed by atoms with Crippen molar-refractivity contribution in [3.8, 4) is 0 Å². The van der Waals surface area contributed by atoms with Gasteiger partial charge in [-0.15, -0.1) is 0 Å². The topological polar surface area (TPSA) is 32.3 Å². The summed E-state index contributed by atoms with van der Waals surface area (Å²) in [6.45, 7) is 0. The van der Waals surface area contributed by atoms with Crippen LogP contribution in [0.25, 0.3) is 0 Å². The molecule has 1 saturated heterocycles. The van der Waals surface area contributed by atoms with Gasteiger partial charge < -0.3 is 10.2 Å². The summed E-state index contributed by atoms with van der Waals surface area (Å²) in [6, 6.07) is 5.16. The molecule has 1 saturated carbocycles. The maximum atomic E-state index is 13.4. The number of hydrogen-bond donors (Lipinski definition) is 1. The largest absolute Gasteiger partial charge is 0.355 e. The Morgan fingerprint density at radius 3 is 2.90 bits per heavy atom. The van der Waals surface area contributed by atoms with Gasteiger partial charge in [0.15, 0.2) is 0 Å². The van der Waals surface area contributed by atoms with E-state index in [4.69, 9.17) is 0 Å². The van der Waals surface area contributed by atoms with Gasteiger partial charge in [0.05, 0.1) is 11.4 Å². The number of amides is 1. The van der Waals surface area contributed by atoms with Crippen LogP contribution in [0.5, 0.6) is 0 Å². The van der Waals surface area contributed by atoms with Crippen LogP contribution in [0.2, 0.25) is 0 Å². The first-order valence-corrected chi connectivity index (χ1v) is 7.63. The number of nitrogens with one attached hydrogen (secondary N) is 1. The van der Waals surface area contributed by atoms with Gasteiger partial charge in [-0.2, -0.15) is 0 Å². The maximum Gasteiger partial charge on any atom is 0.247 e. The molecule has 1 aromatic carbocycles.